The van der Waals surface area contributed by atoms with Crippen LogP contribution in [0.3, 0.4) is 0 Å². The van der Waals surface area contributed by atoms with Gasteiger partial charge < -0.3 is 0 Å². The number of thiol groups is 1. The highest BCUT2D eigenvalue weighted by molar-refractivity contribution is 7.84. The van der Waals surface area contributed by atoms with Gasteiger partial charge in [-0.05, 0) is 29.4 Å². The molecule has 0 radical (unpaired) electrons. The molecule has 0 N–H and O–H groups in total. The maximum Gasteiger partial charge on any atom is 0.416 e. The Hall–Kier alpha value is -1.16. The Balaban J connectivity index is 1.85. The van der Waals surface area contributed by atoms with Gasteiger partial charge in [-0.2, -0.15) is 13.2 Å². The standard InChI is InChI=1S/C23H31F3S/c1-2-3-4-5-6-7-8-9-10-13-18-16-17-21(27)22(18)19-14-11-12-15-20(19)23(24,25)26/h11-12,14-17,22,27H,2-10,13H2,1H3. The average Bonchev–Trinajstić information content (AvgIpc) is 3.00. The van der Waals surface area contributed by atoms with Gasteiger partial charge in [0.25, 0.3) is 0 Å². The zero-order chi connectivity index (χ0) is 19.7. The van der Waals surface area contributed by atoms with Gasteiger partial charge in [0.2, 0.25) is 0 Å². The highest BCUT2D eigenvalue weighted by Gasteiger charge is 2.36. The quantitative estimate of drug-likeness (QED) is 0.281. The molecule has 0 bridgehead atoms. The third kappa shape index (κ3) is 6.74. The monoisotopic (exact) mass is 396 g/mol. The third-order valence-corrected chi connectivity index (χ3v) is 5.69. The summed E-state index contributed by atoms with van der Waals surface area (Å²) in [7, 11) is 0. The number of benzene rings is 1. The zero-order valence-corrected chi connectivity index (χ0v) is 17.1. The number of hydrogen-bond acceptors (Lipinski definition) is 1. The first-order chi connectivity index (χ1) is 12.9. The van der Waals surface area contributed by atoms with E-state index in [9.17, 15) is 13.2 Å². The Kier molecular flexibility index (Phi) is 9.01. The van der Waals surface area contributed by atoms with E-state index in [1.807, 2.05) is 12.2 Å². The van der Waals surface area contributed by atoms with Crippen LogP contribution in [0.1, 0.15) is 88.2 Å². The van der Waals surface area contributed by atoms with Gasteiger partial charge in [0.15, 0.2) is 0 Å². The van der Waals surface area contributed by atoms with Crippen LogP contribution in [-0.4, -0.2) is 0 Å². The smallest absolute Gasteiger partial charge is 0.166 e. The lowest BCUT2D eigenvalue weighted by Crippen LogP contribution is -2.12. The van der Waals surface area contributed by atoms with Crippen molar-refractivity contribution in [2.45, 2.75) is 83.2 Å². The molecule has 1 atom stereocenters. The Labute approximate surface area is 167 Å². The van der Waals surface area contributed by atoms with Gasteiger partial charge in [-0.1, -0.05) is 94.2 Å². The number of alkyl halides is 3. The van der Waals surface area contributed by atoms with Crippen LogP contribution in [0.5, 0.6) is 0 Å². The Morgan fingerprint density at radius 2 is 1.44 bits per heavy atom. The lowest BCUT2D eigenvalue weighted by Gasteiger charge is -2.22. The molecule has 1 aromatic carbocycles. The highest BCUT2D eigenvalue weighted by atomic mass is 32.1. The molecule has 0 amide bonds. The Morgan fingerprint density at radius 3 is 2.07 bits per heavy atom. The van der Waals surface area contributed by atoms with Gasteiger partial charge in [0, 0.05) is 5.92 Å². The molecule has 0 heterocycles. The predicted molar refractivity (Wildman–Crippen MR) is 111 cm³/mol. The van der Waals surface area contributed by atoms with Crippen molar-refractivity contribution in [3.05, 3.63) is 58.0 Å². The maximum atomic E-state index is 13.4. The first-order valence-electron chi connectivity index (χ1n) is 10.2. The highest BCUT2D eigenvalue weighted by Crippen LogP contribution is 2.45. The molecule has 0 spiro atoms. The minimum Gasteiger partial charge on any atom is -0.166 e. The number of allylic oxidation sites excluding steroid dienone is 4. The number of hydrogen-bond donors (Lipinski definition) is 1. The molecule has 0 nitrogen and oxygen atoms in total. The lowest BCUT2D eigenvalue weighted by atomic mass is 9.87. The first kappa shape index (κ1) is 22.1. The summed E-state index contributed by atoms with van der Waals surface area (Å²) in [5.74, 6) is -0.347. The van der Waals surface area contributed by atoms with E-state index in [4.69, 9.17) is 0 Å². The molecule has 0 saturated carbocycles. The summed E-state index contributed by atoms with van der Waals surface area (Å²) in [5.41, 5.74) is 0.834. The van der Waals surface area contributed by atoms with Crippen LogP contribution in [-0.2, 0) is 6.18 Å². The fourth-order valence-electron chi connectivity index (χ4n) is 3.81. The average molecular weight is 397 g/mol. The normalized spacial score (nSPS) is 17.1. The molecule has 0 aromatic heterocycles. The molecular weight excluding hydrogens is 365 g/mol. The van der Waals surface area contributed by atoms with Crippen molar-refractivity contribution in [3.63, 3.8) is 0 Å². The maximum absolute atomic E-state index is 13.4. The molecule has 27 heavy (non-hydrogen) atoms. The van der Waals surface area contributed by atoms with E-state index in [0.29, 0.717) is 10.5 Å². The number of rotatable bonds is 11. The molecular formula is C23H31F3S. The zero-order valence-electron chi connectivity index (χ0n) is 16.2. The van der Waals surface area contributed by atoms with Crippen LogP contribution in [0.25, 0.3) is 0 Å². The molecule has 4 heteroatoms. The molecule has 1 aliphatic rings. The van der Waals surface area contributed by atoms with Crippen LogP contribution in [0.2, 0.25) is 0 Å². The van der Waals surface area contributed by atoms with Gasteiger partial charge >= 0.3 is 6.18 Å². The minimum absolute atomic E-state index is 0.325. The topological polar surface area (TPSA) is 0 Å². The molecule has 1 aromatic rings. The summed E-state index contributed by atoms with van der Waals surface area (Å²) in [4.78, 5) is 0.706. The van der Waals surface area contributed by atoms with Crippen LogP contribution in [0, 0.1) is 0 Å². The van der Waals surface area contributed by atoms with E-state index in [1.54, 1.807) is 12.1 Å². The van der Waals surface area contributed by atoms with Gasteiger partial charge in [-0.25, -0.2) is 0 Å². The van der Waals surface area contributed by atoms with Crippen molar-refractivity contribution in [2.75, 3.05) is 0 Å². The molecule has 1 unspecified atom stereocenters. The van der Waals surface area contributed by atoms with E-state index < -0.39 is 11.7 Å². The van der Waals surface area contributed by atoms with E-state index in [2.05, 4.69) is 19.6 Å². The summed E-state index contributed by atoms with van der Waals surface area (Å²) in [6, 6.07) is 5.89. The summed E-state index contributed by atoms with van der Waals surface area (Å²) < 4.78 is 40.2. The van der Waals surface area contributed by atoms with Gasteiger partial charge in [-0.15, -0.1) is 12.6 Å². The minimum atomic E-state index is -4.34. The van der Waals surface area contributed by atoms with Crippen LogP contribution in [0.15, 0.2) is 46.9 Å². The molecule has 2 rings (SSSR count). The van der Waals surface area contributed by atoms with Gasteiger partial charge in [0.05, 0.1) is 5.56 Å². The van der Waals surface area contributed by atoms with Crippen molar-refractivity contribution in [2.24, 2.45) is 0 Å². The van der Waals surface area contributed by atoms with E-state index >= 15 is 0 Å². The summed E-state index contributed by atoms with van der Waals surface area (Å²) in [6.07, 6.45) is 11.5. The van der Waals surface area contributed by atoms with E-state index in [-0.39, 0.29) is 5.92 Å². The third-order valence-electron chi connectivity index (χ3n) is 5.28. The van der Waals surface area contributed by atoms with Crippen LogP contribution < -0.4 is 0 Å². The van der Waals surface area contributed by atoms with Crippen molar-refractivity contribution in [1.29, 1.82) is 0 Å². The van der Waals surface area contributed by atoms with Crippen LogP contribution >= 0.6 is 12.6 Å². The Bertz CT molecular complexity index is 643. The largest absolute Gasteiger partial charge is 0.416 e. The molecule has 1 aliphatic carbocycles. The SMILES string of the molecule is CCCCCCCCCCCC1=CC=C(S)C1c1ccccc1C(F)(F)F. The summed E-state index contributed by atoms with van der Waals surface area (Å²) in [5, 5.41) is 0. The predicted octanol–water partition coefficient (Wildman–Crippen LogP) is 8.46. The molecule has 0 aliphatic heterocycles. The molecule has 0 fully saturated rings. The van der Waals surface area contributed by atoms with Gasteiger partial charge in [0.1, 0.15) is 0 Å². The van der Waals surface area contributed by atoms with Crippen molar-refractivity contribution < 1.29 is 13.2 Å². The second kappa shape index (κ2) is 11.0. The second-order valence-electron chi connectivity index (χ2n) is 7.43. The lowest BCUT2D eigenvalue weighted by molar-refractivity contribution is -0.138. The number of unbranched alkanes of at least 4 members (excludes halogenated alkanes) is 8. The fourth-order valence-corrected chi connectivity index (χ4v) is 4.19. The Morgan fingerprint density at radius 1 is 0.852 bits per heavy atom. The summed E-state index contributed by atoms with van der Waals surface area (Å²) in [6.45, 7) is 2.23. The van der Waals surface area contributed by atoms with Crippen molar-refractivity contribution >= 4 is 12.6 Å². The van der Waals surface area contributed by atoms with Crippen molar-refractivity contribution in [1.82, 2.24) is 0 Å². The van der Waals surface area contributed by atoms with Crippen LogP contribution in [0.4, 0.5) is 13.2 Å². The van der Waals surface area contributed by atoms with E-state index in [1.165, 1.54) is 57.1 Å². The second-order valence-corrected chi connectivity index (χ2v) is 7.95. The van der Waals surface area contributed by atoms with Gasteiger partial charge in [-0.3, -0.25) is 0 Å². The summed E-state index contributed by atoms with van der Waals surface area (Å²) >= 11 is 4.46. The molecule has 150 valence electrons. The van der Waals surface area contributed by atoms with E-state index in [0.717, 1.165) is 24.8 Å². The first-order valence-corrected chi connectivity index (χ1v) is 10.7. The molecule has 0 saturated heterocycles. The fraction of sp³-hybridized carbons (Fsp3) is 0.565. The number of halogens is 3. The van der Waals surface area contributed by atoms with Crippen molar-refractivity contribution in [3.8, 4) is 0 Å².